The first-order chi connectivity index (χ1) is 11.3. The zero-order chi connectivity index (χ0) is 17.7. The molecule has 0 fully saturated rings. The average Bonchev–Trinajstić information content (AvgIpc) is 3.14. The van der Waals surface area contributed by atoms with Gasteiger partial charge in [-0.1, -0.05) is 0 Å². The SMILES string of the molecule is CC(C)(C)OC(=O)c1ccsc1NC(=O)NC[C@@H](O)c1ccsc1. The molecule has 2 aromatic rings. The second kappa shape index (κ2) is 7.78. The molecule has 0 spiro atoms. The van der Waals surface area contributed by atoms with Crippen molar-refractivity contribution < 1.29 is 19.4 Å². The minimum absolute atomic E-state index is 0.0791. The van der Waals surface area contributed by atoms with Crippen LogP contribution in [0, 0.1) is 0 Å². The number of ether oxygens (including phenoxy) is 1. The number of aliphatic hydroxyl groups excluding tert-OH is 1. The molecule has 0 aliphatic heterocycles. The summed E-state index contributed by atoms with van der Waals surface area (Å²) < 4.78 is 5.31. The van der Waals surface area contributed by atoms with E-state index in [0.29, 0.717) is 10.6 Å². The van der Waals surface area contributed by atoms with Gasteiger partial charge in [0.2, 0.25) is 0 Å². The Bertz CT molecular complexity index is 689. The van der Waals surface area contributed by atoms with E-state index in [1.807, 2.05) is 10.8 Å². The number of thiophene rings is 2. The number of urea groups is 1. The Morgan fingerprint density at radius 2 is 2.04 bits per heavy atom. The number of aliphatic hydroxyl groups is 1. The molecule has 0 bridgehead atoms. The van der Waals surface area contributed by atoms with E-state index in [2.05, 4.69) is 10.6 Å². The van der Waals surface area contributed by atoms with Crippen molar-refractivity contribution in [3.8, 4) is 0 Å². The van der Waals surface area contributed by atoms with E-state index in [1.165, 1.54) is 22.7 Å². The van der Waals surface area contributed by atoms with Gasteiger partial charge >= 0.3 is 12.0 Å². The van der Waals surface area contributed by atoms with Crippen LogP contribution in [0.5, 0.6) is 0 Å². The van der Waals surface area contributed by atoms with Gasteiger partial charge in [0.05, 0.1) is 11.7 Å². The quantitative estimate of drug-likeness (QED) is 0.704. The minimum Gasteiger partial charge on any atom is -0.456 e. The molecule has 0 unspecified atom stereocenters. The molecule has 3 N–H and O–H groups in total. The molecule has 24 heavy (non-hydrogen) atoms. The number of carbonyl (C=O) groups is 2. The van der Waals surface area contributed by atoms with Crippen LogP contribution >= 0.6 is 22.7 Å². The lowest BCUT2D eigenvalue weighted by molar-refractivity contribution is 0.00713. The maximum Gasteiger partial charge on any atom is 0.341 e. The third-order valence-electron chi connectivity index (χ3n) is 2.90. The normalized spacial score (nSPS) is 12.5. The maximum absolute atomic E-state index is 12.1. The Morgan fingerprint density at radius 3 is 2.67 bits per heavy atom. The first-order valence-electron chi connectivity index (χ1n) is 7.32. The van der Waals surface area contributed by atoms with Gasteiger partial charge in [-0.3, -0.25) is 5.32 Å². The maximum atomic E-state index is 12.1. The molecule has 2 amide bonds. The van der Waals surface area contributed by atoms with Crippen molar-refractivity contribution in [2.75, 3.05) is 11.9 Å². The van der Waals surface area contributed by atoms with Crippen LogP contribution in [0.25, 0.3) is 0 Å². The van der Waals surface area contributed by atoms with Gasteiger partial charge in [-0.25, -0.2) is 9.59 Å². The van der Waals surface area contributed by atoms with E-state index in [1.54, 1.807) is 38.3 Å². The predicted molar refractivity (Wildman–Crippen MR) is 95.8 cm³/mol. The largest absolute Gasteiger partial charge is 0.456 e. The number of rotatable bonds is 5. The first-order valence-corrected chi connectivity index (χ1v) is 9.14. The van der Waals surface area contributed by atoms with Gasteiger partial charge in [-0.15, -0.1) is 11.3 Å². The van der Waals surface area contributed by atoms with Gasteiger partial charge in [0.15, 0.2) is 0 Å². The summed E-state index contributed by atoms with van der Waals surface area (Å²) in [6.07, 6.45) is -0.768. The molecule has 0 saturated carbocycles. The standard InChI is InChI=1S/C16H20N2O4S2/c1-16(2,3)22-14(20)11-5-7-24-13(11)18-15(21)17-8-12(19)10-4-6-23-9-10/h4-7,9,12,19H,8H2,1-3H3,(H2,17,18,21)/t12-/m1/s1. The molecule has 0 aliphatic rings. The number of hydrogen-bond donors (Lipinski definition) is 3. The molecule has 2 heterocycles. The lowest BCUT2D eigenvalue weighted by Crippen LogP contribution is -2.32. The molecular weight excluding hydrogens is 348 g/mol. The van der Waals surface area contributed by atoms with E-state index in [4.69, 9.17) is 4.74 Å². The molecule has 2 rings (SSSR count). The molecule has 8 heteroatoms. The topological polar surface area (TPSA) is 87.7 Å². The molecule has 2 aromatic heterocycles. The van der Waals surface area contributed by atoms with E-state index in [9.17, 15) is 14.7 Å². The lowest BCUT2D eigenvalue weighted by atomic mass is 10.2. The molecular formula is C16H20N2O4S2. The Kier molecular flexibility index (Phi) is 5.98. The van der Waals surface area contributed by atoms with Crippen LogP contribution < -0.4 is 10.6 Å². The number of esters is 1. The molecule has 1 atom stereocenters. The van der Waals surface area contributed by atoms with E-state index < -0.39 is 23.7 Å². The Morgan fingerprint density at radius 1 is 1.29 bits per heavy atom. The van der Waals surface area contributed by atoms with Crippen molar-refractivity contribution in [2.45, 2.75) is 32.5 Å². The zero-order valence-corrected chi connectivity index (χ0v) is 15.3. The summed E-state index contributed by atoms with van der Waals surface area (Å²) in [5, 5.41) is 20.9. The smallest absolute Gasteiger partial charge is 0.341 e. The van der Waals surface area contributed by atoms with E-state index in [0.717, 1.165) is 5.56 Å². The van der Waals surface area contributed by atoms with Crippen LogP contribution in [0.1, 0.15) is 42.8 Å². The summed E-state index contributed by atoms with van der Waals surface area (Å²) in [5.74, 6) is -0.489. The number of anilines is 1. The fraction of sp³-hybridized carbons (Fsp3) is 0.375. The summed E-state index contributed by atoms with van der Waals surface area (Å²) in [6, 6.07) is 2.92. The molecule has 130 valence electrons. The second-order valence-corrected chi connectivity index (χ2v) is 7.77. The predicted octanol–water partition coefficient (Wildman–Crippen LogP) is 3.62. The number of amides is 2. The number of hydrogen-bond acceptors (Lipinski definition) is 6. The van der Waals surface area contributed by atoms with Crippen LogP contribution in [0.4, 0.5) is 9.80 Å². The van der Waals surface area contributed by atoms with Gasteiger partial charge in [0, 0.05) is 6.54 Å². The van der Waals surface area contributed by atoms with Gasteiger partial charge < -0.3 is 15.2 Å². The minimum atomic E-state index is -0.768. The second-order valence-electron chi connectivity index (χ2n) is 6.07. The zero-order valence-electron chi connectivity index (χ0n) is 13.7. The Balaban J connectivity index is 1.91. The lowest BCUT2D eigenvalue weighted by Gasteiger charge is -2.19. The van der Waals surface area contributed by atoms with E-state index in [-0.39, 0.29) is 6.54 Å². The van der Waals surface area contributed by atoms with Crippen molar-refractivity contribution in [3.05, 3.63) is 39.4 Å². The summed E-state index contributed by atoms with van der Waals surface area (Å²) in [4.78, 5) is 24.1. The highest BCUT2D eigenvalue weighted by Crippen LogP contribution is 2.25. The Hall–Kier alpha value is -1.90. The summed E-state index contributed by atoms with van der Waals surface area (Å²) in [6.45, 7) is 5.42. The van der Waals surface area contributed by atoms with Crippen LogP contribution in [0.3, 0.4) is 0 Å². The fourth-order valence-electron chi connectivity index (χ4n) is 1.82. The van der Waals surface area contributed by atoms with Gasteiger partial charge in [0.1, 0.15) is 10.6 Å². The van der Waals surface area contributed by atoms with Gasteiger partial charge in [0.25, 0.3) is 0 Å². The molecule has 0 saturated heterocycles. The Labute approximate surface area is 148 Å². The van der Waals surface area contributed by atoms with Crippen molar-refractivity contribution in [1.82, 2.24) is 5.32 Å². The molecule has 0 aromatic carbocycles. The fourth-order valence-corrected chi connectivity index (χ4v) is 3.30. The molecule has 0 radical (unpaired) electrons. The van der Waals surface area contributed by atoms with Crippen molar-refractivity contribution in [3.63, 3.8) is 0 Å². The highest BCUT2D eigenvalue weighted by molar-refractivity contribution is 7.14. The molecule has 6 nitrogen and oxygen atoms in total. The van der Waals surface area contributed by atoms with E-state index >= 15 is 0 Å². The van der Waals surface area contributed by atoms with Crippen LogP contribution in [-0.4, -0.2) is 29.3 Å². The van der Waals surface area contributed by atoms with Crippen LogP contribution in [0.15, 0.2) is 28.3 Å². The summed E-state index contributed by atoms with van der Waals surface area (Å²) in [5.41, 5.74) is 0.456. The first kappa shape index (κ1) is 18.4. The third kappa shape index (κ3) is 5.33. The van der Waals surface area contributed by atoms with Crippen molar-refractivity contribution in [1.29, 1.82) is 0 Å². The number of nitrogens with one attached hydrogen (secondary N) is 2. The number of carbonyl (C=O) groups excluding carboxylic acids is 2. The summed E-state index contributed by atoms with van der Waals surface area (Å²) in [7, 11) is 0. The third-order valence-corrected chi connectivity index (χ3v) is 4.43. The highest BCUT2D eigenvalue weighted by atomic mass is 32.1. The van der Waals surface area contributed by atoms with Gasteiger partial charge in [-0.2, -0.15) is 11.3 Å². The highest BCUT2D eigenvalue weighted by Gasteiger charge is 2.22. The van der Waals surface area contributed by atoms with Crippen molar-refractivity contribution >= 4 is 39.7 Å². The van der Waals surface area contributed by atoms with Crippen LogP contribution in [-0.2, 0) is 4.74 Å². The van der Waals surface area contributed by atoms with Crippen molar-refractivity contribution in [2.24, 2.45) is 0 Å². The monoisotopic (exact) mass is 368 g/mol. The van der Waals surface area contributed by atoms with Crippen LogP contribution in [0.2, 0.25) is 0 Å². The van der Waals surface area contributed by atoms with Gasteiger partial charge in [-0.05, 0) is 54.6 Å². The average molecular weight is 368 g/mol. The summed E-state index contributed by atoms with van der Waals surface area (Å²) >= 11 is 2.71. The molecule has 0 aliphatic carbocycles.